The number of rotatable bonds is 11. The number of sulfonamides is 1. The van der Waals surface area contributed by atoms with E-state index in [1.54, 1.807) is 12.1 Å². The van der Waals surface area contributed by atoms with Crippen molar-refractivity contribution < 1.29 is 18.3 Å². The summed E-state index contributed by atoms with van der Waals surface area (Å²) in [5, 5.41) is 9.04. The van der Waals surface area contributed by atoms with E-state index in [-0.39, 0.29) is 17.0 Å². The Labute approximate surface area is 132 Å². The lowest BCUT2D eigenvalue weighted by Crippen LogP contribution is -2.18. The maximum absolute atomic E-state index is 12.0. The van der Waals surface area contributed by atoms with Gasteiger partial charge in [0.05, 0.1) is 17.0 Å². The average Bonchev–Trinajstić information content (AvgIpc) is 2.46. The lowest BCUT2D eigenvalue weighted by molar-refractivity contribution is 0.0698. The van der Waals surface area contributed by atoms with Crippen molar-refractivity contribution in [2.24, 2.45) is 0 Å². The highest BCUT2D eigenvalue weighted by Gasteiger charge is 2.15. The lowest BCUT2D eigenvalue weighted by atomic mass is 10.1. The van der Waals surface area contributed by atoms with E-state index in [2.05, 4.69) is 11.6 Å². The molecule has 0 heterocycles. The van der Waals surface area contributed by atoms with E-state index in [9.17, 15) is 13.2 Å². The molecule has 0 aromatic heterocycles. The van der Waals surface area contributed by atoms with Crippen molar-refractivity contribution in [1.29, 1.82) is 0 Å². The first-order valence-electron chi connectivity index (χ1n) is 7.79. The highest BCUT2D eigenvalue weighted by Crippen LogP contribution is 2.17. The number of hydrogen-bond donors (Lipinski definition) is 2. The predicted molar refractivity (Wildman–Crippen MR) is 88.8 cm³/mol. The second-order valence-corrected chi connectivity index (χ2v) is 7.23. The fourth-order valence-electron chi connectivity index (χ4n) is 2.23. The number of carbonyl (C=O) groups is 1. The fraction of sp³-hybridized carbons (Fsp3) is 0.562. The number of nitrogens with one attached hydrogen (secondary N) is 1. The molecule has 0 bridgehead atoms. The van der Waals surface area contributed by atoms with E-state index in [1.165, 1.54) is 31.4 Å². The third-order valence-electron chi connectivity index (χ3n) is 3.44. The smallest absolute Gasteiger partial charge is 0.337 e. The first kappa shape index (κ1) is 18.5. The number of carboxylic acids is 1. The Morgan fingerprint density at radius 2 is 1.64 bits per heavy atom. The first-order valence-corrected chi connectivity index (χ1v) is 9.44. The van der Waals surface area contributed by atoms with Crippen LogP contribution in [0.5, 0.6) is 0 Å². The number of aromatic carboxylic acids is 1. The molecule has 1 aromatic carbocycles. The van der Waals surface area contributed by atoms with E-state index in [1.807, 2.05) is 0 Å². The number of anilines is 1. The van der Waals surface area contributed by atoms with E-state index >= 15 is 0 Å². The van der Waals surface area contributed by atoms with Crippen molar-refractivity contribution in [3.8, 4) is 0 Å². The van der Waals surface area contributed by atoms with E-state index in [0.29, 0.717) is 6.42 Å². The van der Waals surface area contributed by atoms with E-state index < -0.39 is 16.0 Å². The van der Waals surface area contributed by atoms with Crippen LogP contribution < -0.4 is 4.72 Å². The van der Waals surface area contributed by atoms with Crippen LogP contribution in [-0.4, -0.2) is 25.2 Å². The van der Waals surface area contributed by atoms with Crippen LogP contribution in [-0.2, 0) is 10.0 Å². The SMILES string of the molecule is CCCCCCCCCS(=O)(=O)Nc1ccccc1C(=O)O. The number of carboxylic acid groups (broad SMARTS) is 1. The van der Waals surface area contributed by atoms with Crippen molar-refractivity contribution in [3.05, 3.63) is 29.8 Å². The Balaban J connectivity index is 2.43. The summed E-state index contributed by atoms with van der Waals surface area (Å²) in [7, 11) is -3.50. The number of benzene rings is 1. The Morgan fingerprint density at radius 1 is 1.05 bits per heavy atom. The fourth-order valence-corrected chi connectivity index (χ4v) is 3.43. The van der Waals surface area contributed by atoms with Crippen LogP contribution in [0.2, 0.25) is 0 Å². The zero-order valence-corrected chi connectivity index (χ0v) is 13.9. The summed E-state index contributed by atoms with van der Waals surface area (Å²) in [6, 6.07) is 6.02. The van der Waals surface area contributed by atoms with Gasteiger partial charge in [-0.25, -0.2) is 13.2 Å². The predicted octanol–water partition coefficient (Wildman–Crippen LogP) is 3.88. The summed E-state index contributed by atoms with van der Waals surface area (Å²) in [5.74, 6) is -1.12. The van der Waals surface area contributed by atoms with Gasteiger partial charge in [-0.05, 0) is 18.6 Å². The van der Waals surface area contributed by atoms with E-state index in [0.717, 1.165) is 19.3 Å². The van der Waals surface area contributed by atoms with Gasteiger partial charge < -0.3 is 5.11 Å². The largest absolute Gasteiger partial charge is 0.478 e. The van der Waals surface area contributed by atoms with Gasteiger partial charge >= 0.3 is 5.97 Å². The molecular formula is C16H25NO4S. The van der Waals surface area contributed by atoms with Crippen LogP contribution in [0.3, 0.4) is 0 Å². The maximum Gasteiger partial charge on any atom is 0.337 e. The van der Waals surface area contributed by atoms with Crippen molar-refractivity contribution in [2.75, 3.05) is 10.5 Å². The van der Waals surface area contributed by atoms with Gasteiger partial charge in [-0.2, -0.15) is 0 Å². The second kappa shape index (κ2) is 9.46. The summed E-state index contributed by atoms with van der Waals surface area (Å²) in [4.78, 5) is 11.1. The summed E-state index contributed by atoms with van der Waals surface area (Å²) in [6.07, 6.45) is 7.28. The molecule has 0 amide bonds. The molecule has 0 aliphatic rings. The summed E-state index contributed by atoms with van der Waals surface area (Å²) >= 11 is 0. The summed E-state index contributed by atoms with van der Waals surface area (Å²) in [5.41, 5.74) is 0.0867. The zero-order chi connectivity index (χ0) is 16.4. The van der Waals surface area contributed by atoms with Crippen LogP contribution in [0.4, 0.5) is 5.69 Å². The molecule has 0 aliphatic heterocycles. The number of unbranched alkanes of at least 4 members (excludes halogenated alkanes) is 6. The van der Waals surface area contributed by atoms with Gasteiger partial charge in [0.15, 0.2) is 0 Å². The topological polar surface area (TPSA) is 83.5 Å². The number of hydrogen-bond acceptors (Lipinski definition) is 3. The molecule has 0 unspecified atom stereocenters. The first-order chi connectivity index (χ1) is 10.5. The quantitative estimate of drug-likeness (QED) is 0.604. The Hall–Kier alpha value is -1.56. The Bertz CT molecular complexity index is 569. The molecule has 5 nitrogen and oxygen atoms in total. The molecule has 0 atom stereocenters. The van der Waals surface area contributed by atoms with Gasteiger partial charge in [-0.15, -0.1) is 0 Å². The molecule has 0 saturated heterocycles. The number of para-hydroxylation sites is 1. The van der Waals surface area contributed by atoms with Crippen molar-refractivity contribution in [1.82, 2.24) is 0 Å². The molecule has 22 heavy (non-hydrogen) atoms. The second-order valence-electron chi connectivity index (χ2n) is 5.39. The zero-order valence-electron chi connectivity index (χ0n) is 13.0. The minimum atomic E-state index is -3.50. The van der Waals surface area contributed by atoms with Crippen molar-refractivity contribution in [2.45, 2.75) is 51.9 Å². The molecule has 6 heteroatoms. The van der Waals surface area contributed by atoms with Gasteiger partial charge in [-0.3, -0.25) is 4.72 Å². The minimum Gasteiger partial charge on any atom is -0.478 e. The van der Waals surface area contributed by atoms with Gasteiger partial charge in [0.2, 0.25) is 10.0 Å². The Morgan fingerprint density at radius 3 is 2.27 bits per heavy atom. The molecule has 124 valence electrons. The lowest BCUT2D eigenvalue weighted by Gasteiger charge is -2.10. The summed E-state index contributed by atoms with van der Waals surface area (Å²) < 4.78 is 26.4. The molecular weight excluding hydrogens is 302 g/mol. The highest BCUT2D eigenvalue weighted by molar-refractivity contribution is 7.92. The molecule has 0 radical (unpaired) electrons. The summed E-state index contributed by atoms with van der Waals surface area (Å²) in [6.45, 7) is 2.16. The van der Waals surface area contributed by atoms with Crippen LogP contribution >= 0.6 is 0 Å². The molecule has 1 aromatic rings. The van der Waals surface area contributed by atoms with Crippen LogP contribution in [0.1, 0.15) is 62.2 Å². The molecule has 0 spiro atoms. The molecule has 2 N–H and O–H groups in total. The monoisotopic (exact) mass is 327 g/mol. The average molecular weight is 327 g/mol. The third kappa shape index (κ3) is 6.93. The maximum atomic E-state index is 12.0. The molecule has 1 rings (SSSR count). The highest BCUT2D eigenvalue weighted by atomic mass is 32.2. The van der Waals surface area contributed by atoms with Crippen molar-refractivity contribution in [3.63, 3.8) is 0 Å². The van der Waals surface area contributed by atoms with Crippen molar-refractivity contribution >= 4 is 21.7 Å². The van der Waals surface area contributed by atoms with Gasteiger partial charge in [-0.1, -0.05) is 57.6 Å². The minimum absolute atomic E-state index is 0.0226. The normalized spacial score (nSPS) is 11.3. The molecule has 0 fully saturated rings. The van der Waals surface area contributed by atoms with Crippen LogP contribution in [0.25, 0.3) is 0 Å². The Kier molecular flexibility index (Phi) is 7.95. The van der Waals surface area contributed by atoms with E-state index in [4.69, 9.17) is 5.11 Å². The standard InChI is InChI=1S/C16H25NO4S/c1-2-3-4-5-6-7-10-13-22(20,21)17-15-12-9-8-11-14(15)16(18)19/h8-9,11-12,17H,2-7,10,13H2,1H3,(H,18,19). The van der Waals surface area contributed by atoms with Gasteiger partial charge in [0.1, 0.15) is 0 Å². The van der Waals surface area contributed by atoms with Crippen LogP contribution in [0, 0.1) is 0 Å². The molecule has 0 aliphatic carbocycles. The molecule has 0 saturated carbocycles. The third-order valence-corrected chi connectivity index (χ3v) is 4.80. The van der Waals surface area contributed by atoms with Gasteiger partial charge in [0.25, 0.3) is 0 Å². The van der Waals surface area contributed by atoms with Gasteiger partial charge in [0, 0.05) is 0 Å². The van der Waals surface area contributed by atoms with Crippen LogP contribution in [0.15, 0.2) is 24.3 Å².